The molecule has 0 spiro atoms. The summed E-state index contributed by atoms with van der Waals surface area (Å²) in [5.74, 6) is 0. The Labute approximate surface area is 186 Å². The van der Waals surface area contributed by atoms with Crippen LogP contribution in [-0.4, -0.2) is 83.1 Å². The lowest BCUT2D eigenvalue weighted by Crippen LogP contribution is -2.28. The third-order valence-corrected chi connectivity index (χ3v) is 3.88. The summed E-state index contributed by atoms with van der Waals surface area (Å²) < 4.78 is 32.9. The number of halogens is 1. The van der Waals surface area contributed by atoms with E-state index in [1.807, 2.05) is 30.3 Å². The van der Waals surface area contributed by atoms with Crippen molar-refractivity contribution in [2.45, 2.75) is 6.61 Å². The number of nitrogens with one attached hydrogen (secondary N) is 1. The van der Waals surface area contributed by atoms with Gasteiger partial charge in [-0.25, -0.2) is 4.79 Å². The Morgan fingerprint density at radius 3 is 1.72 bits per heavy atom. The third-order valence-electron chi connectivity index (χ3n) is 3.44. The predicted octanol–water partition coefficient (Wildman–Crippen LogP) is 2.43. The molecule has 1 rings (SSSR count). The average Bonchev–Trinajstić information content (AvgIpc) is 2.75. The van der Waals surface area contributed by atoms with Gasteiger partial charge >= 0.3 is 6.09 Å². The van der Waals surface area contributed by atoms with Gasteiger partial charge in [0.1, 0.15) is 6.61 Å². The van der Waals surface area contributed by atoms with Gasteiger partial charge in [-0.3, -0.25) is 0 Å². The van der Waals surface area contributed by atoms with Crippen LogP contribution in [0, 0.1) is 0 Å². The number of hydrogen-bond donors (Lipinski definition) is 1. The van der Waals surface area contributed by atoms with Crippen molar-refractivity contribution < 1.29 is 33.2 Å². The van der Waals surface area contributed by atoms with Crippen LogP contribution in [0.1, 0.15) is 5.56 Å². The Bertz CT molecular complexity index is 493. The van der Waals surface area contributed by atoms with Crippen LogP contribution < -0.4 is 5.32 Å². The van der Waals surface area contributed by atoms with E-state index in [0.29, 0.717) is 66.0 Å². The quantitative estimate of drug-likeness (QED) is 0.169. The van der Waals surface area contributed by atoms with E-state index in [4.69, 9.17) is 28.4 Å². The molecule has 9 heteroatoms. The monoisotopic (exact) mass is 525 g/mol. The van der Waals surface area contributed by atoms with Gasteiger partial charge in [0.15, 0.2) is 0 Å². The maximum Gasteiger partial charge on any atom is 0.407 e. The highest BCUT2D eigenvalue weighted by atomic mass is 127. The van der Waals surface area contributed by atoms with Crippen molar-refractivity contribution in [1.82, 2.24) is 5.32 Å². The van der Waals surface area contributed by atoms with Gasteiger partial charge in [0, 0.05) is 11.0 Å². The van der Waals surface area contributed by atoms with Crippen molar-refractivity contribution in [3.63, 3.8) is 0 Å². The van der Waals surface area contributed by atoms with Gasteiger partial charge in [0.2, 0.25) is 0 Å². The Hall–Kier alpha value is -0.980. The highest BCUT2D eigenvalue weighted by Gasteiger charge is 2.01. The lowest BCUT2D eigenvalue weighted by atomic mass is 10.2. The molecule has 0 heterocycles. The SMILES string of the molecule is O=C(NCCOCCOCCOCCOCCOCCI)OCc1ccccc1. The molecule has 0 saturated heterocycles. The second-order valence-electron chi connectivity index (χ2n) is 5.74. The third kappa shape index (κ3) is 17.6. The van der Waals surface area contributed by atoms with E-state index >= 15 is 0 Å². The molecule has 8 nitrogen and oxygen atoms in total. The van der Waals surface area contributed by atoms with Gasteiger partial charge in [-0.1, -0.05) is 52.9 Å². The Morgan fingerprint density at radius 2 is 1.21 bits per heavy atom. The number of ether oxygens (including phenoxy) is 6. The molecule has 0 atom stereocenters. The zero-order chi connectivity index (χ0) is 20.8. The van der Waals surface area contributed by atoms with Crippen LogP contribution in [0.3, 0.4) is 0 Å². The molecule has 0 saturated carbocycles. The Balaban J connectivity index is 1.74. The Morgan fingerprint density at radius 1 is 0.724 bits per heavy atom. The van der Waals surface area contributed by atoms with Crippen molar-refractivity contribution in [3.8, 4) is 0 Å². The number of hydrogen-bond acceptors (Lipinski definition) is 7. The minimum absolute atomic E-state index is 0.253. The van der Waals surface area contributed by atoms with Crippen molar-refractivity contribution in [2.24, 2.45) is 0 Å². The highest BCUT2D eigenvalue weighted by Crippen LogP contribution is 2.00. The second-order valence-corrected chi connectivity index (χ2v) is 6.82. The van der Waals surface area contributed by atoms with Crippen LogP contribution >= 0.6 is 22.6 Å². The lowest BCUT2D eigenvalue weighted by molar-refractivity contribution is -0.00973. The summed E-state index contributed by atoms with van der Waals surface area (Å²) in [5.41, 5.74) is 0.948. The standard InChI is InChI=1S/C20H32INO7/c21-6-8-24-10-12-26-14-16-28-17-15-27-13-11-25-9-7-22-20(23)29-18-19-4-2-1-3-5-19/h1-5H,6-18H2,(H,22,23). The molecule has 166 valence electrons. The van der Waals surface area contributed by atoms with Crippen molar-refractivity contribution in [1.29, 1.82) is 0 Å². The molecule has 1 aromatic carbocycles. The first-order valence-electron chi connectivity index (χ1n) is 9.72. The van der Waals surface area contributed by atoms with E-state index in [-0.39, 0.29) is 6.61 Å². The minimum atomic E-state index is -0.456. The van der Waals surface area contributed by atoms with Crippen molar-refractivity contribution in [3.05, 3.63) is 35.9 Å². The molecule has 0 bridgehead atoms. The van der Waals surface area contributed by atoms with Gasteiger partial charge in [0.25, 0.3) is 0 Å². The van der Waals surface area contributed by atoms with E-state index in [2.05, 4.69) is 27.9 Å². The topological polar surface area (TPSA) is 84.5 Å². The van der Waals surface area contributed by atoms with Crippen LogP contribution in [0.2, 0.25) is 0 Å². The zero-order valence-corrected chi connectivity index (χ0v) is 19.0. The zero-order valence-electron chi connectivity index (χ0n) is 16.8. The maximum absolute atomic E-state index is 11.5. The number of alkyl carbamates (subject to hydrolysis) is 1. The molecular formula is C20H32INO7. The van der Waals surface area contributed by atoms with Gasteiger partial charge < -0.3 is 33.7 Å². The number of benzene rings is 1. The number of alkyl halides is 1. The molecule has 0 fully saturated rings. The maximum atomic E-state index is 11.5. The van der Waals surface area contributed by atoms with Crippen LogP contribution in [0.4, 0.5) is 4.79 Å². The molecule has 0 unspecified atom stereocenters. The van der Waals surface area contributed by atoms with Gasteiger partial charge in [-0.05, 0) is 5.56 Å². The fourth-order valence-corrected chi connectivity index (χ4v) is 2.35. The molecule has 0 aliphatic heterocycles. The molecule has 0 radical (unpaired) electrons. The molecular weight excluding hydrogens is 493 g/mol. The van der Waals surface area contributed by atoms with E-state index in [1.54, 1.807) is 0 Å². The molecule has 1 amide bonds. The van der Waals surface area contributed by atoms with E-state index in [1.165, 1.54) is 0 Å². The lowest BCUT2D eigenvalue weighted by Gasteiger charge is -2.09. The van der Waals surface area contributed by atoms with Gasteiger partial charge in [-0.15, -0.1) is 0 Å². The summed E-state index contributed by atoms with van der Waals surface area (Å²) >= 11 is 2.27. The van der Waals surface area contributed by atoms with Gasteiger partial charge in [-0.2, -0.15) is 0 Å². The van der Waals surface area contributed by atoms with Gasteiger partial charge in [0.05, 0.1) is 66.1 Å². The normalized spacial score (nSPS) is 10.8. The van der Waals surface area contributed by atoms with E-state index in [9.17, 15) is 4.79 Å². The predicted molar refractivity (Wildman–Crippen MR) is 118 cm³/mol. The number of carbonyl (C=O) groups excluding carboxylic acids is 1. The molecule has 0 aromatic heterocycles. The van der Waals surface area contributed by atoms with Crippen molar-refractivity contribution >= 4 is 28.7 Å². The van der Waals surface area contributed by atoms with E-state index in [0.717, 1.165) is 16.6 Å². The van der Waals surface area contributed by atoms with Crippen LogP contribution in [0.5, 0.6) is 0 Å². The van der Waals surface area contributed by atoms with Crippen molar-refractivity contribution in [2.75, 3.05) is 77.0 Å². The first-order chi connectivity index (χ1) is 14.3. The summed E-state index contributed by atoms with van der Waals surface area (Å²) in [6.07, 6.45) is -0.456. The molecule has 1 aromatic rings. The molecule has 0 aliphatic carbocycles. The van der Waals surface area contributed by atoms with E-state index < -0.39 is 6.09 Å². The fourth-order valence-electron chi connectivity index (χ4n) is 2.04. The molecule has 0 aliphatic rings. The summed E-state index contributed by atoms with van der Waals surface area (Å²) in [5, 5.41) is 2.64. The fraction of sp³-hybridized carbons (Fsp3) is 0.650. The number of amides is 1. The number of rotatable bonds is 19. The summed E-state index contributed by atoms with van der Waals surface area (Å²) in [6, 6.07) is 9.53. The minimum Gasteiger partial charge on any atom is -0.445 e. The largest absolute Gasteiger partial charge is 0.445 e. The van der Waals surface area contributed by atoms with Crippen LogP contribution in [-0.2, 0) is 35.0 Å². The first kappa shape index (κ1) is 26.1. The smallest absolute Gasteiger partial charge is 0.407 e. The van der Waals surface area contributed by atoms with Crippen LogP contribution in [0.15, 0.2) is 30.3 Å². The highest BCUT2D eigenvalue weighted by molar-refractivity contribution is 14.1. The Kier molecular flexibility index (Phi) is 18.2. The first-order valence-corrected chi connectivity index (χ1v) is 11.2. The second kappa shape index (κ2) is 20.3. The summed E-state index contributed by atoms with van der Waals surface area (Å²) in [6.45, 7) is 6.07. The summed E-state index contributed by atoms with van der Waals surface area (Å²) in [4.78, 5) is 11.5. The average molecular weight is 525 g/mol. The molecule has 1 N–H and O–H groups in total. The molecule has 29 heavy (non-hydrogen) atoms. The summed E-state index contributed by atoms with van der Waals surface area (Å²) in [7, 11) is 0. The number of carbonyl (C=O) groups is 1. The van der Waals surface area contributed by atoms with Crippen LogP contribution in [0.25, 0.3) is 0 Å².